The second kappa shape index (κ2) is 6.75. The van der Waals surface area contributed by atoms with Gasteiger partial charge in [0.15, 0.2) is 0 Å². The van der Waals surface area contributed by atoms with Crippen molar-refractivity contribution in [1.82, 2.24) is 19.7 Å². The Balaban J connectivity index is 1.40. The number of aromatic nitrogens is 3. The number of likely N-dealkylation sites (tertiary alicyclic amines) is 1. The summed E-state index contributed by atoms with van der Waals surface area (Å²) in [5, 5.41) is 4.11. The van der Waals surface area contributed by atoms with Gasteiger partial charge in [0.25, 0.3) is 5.91 Å². The first-order valence-corrected chi connectivity index (χ1v) is 9.00. The van der Waals surface area contributed by atoms with Crippen LogP contribution in [0, 0.1) is 11.8 Å². The standard InChI is InChI=1S/C19H24N4O/c24-19(22-10-9-16-3-1-2-4-18(16)12-22)17-7-5-15(6-8-17)11-23-14-20-13-21-23/h5-8,13-14,16,18H,1-4,9-12H2/t16-,18+/m1/s1. The number of piperidine rings is 1. The molecule has 1 aliphatic heterocycles. The molecule has 1 saturated heterocycles. The Bertz CT molecular complexity index is 680. The average Bonchev–Trinajstić information content (AvgIpc) is 3.14. The molecule has 5 heteroatoms. The highest BCUT2D eigenvalue weighted by molar-refractivity contribution is 5.94. The second-order valence-electron chi connectivity index (χ2n) is 7.13. The SMILES string of the molecule is O=C(c1ccc(Cn2cncn2)cc1)N1CC[C@H]2CCCC[C@H]2C1. The van der Waals surface area contributed by atoms with E-state index >= 15 is 0 Å². The molecule has 1 amide bonds. The summed E-state index contributed by atoms with van der Waals surface area (Å²) >= 11 is 0. The van der Waals surface area contributed by atoms with Crippen LogP contribution < -0.4 is 0 Å². The number of carbonyl (C=O) groups excluding carboxylic acids is 1. The summed E-state index contributed by atoms with van der Waals surface area (Å²) in [7, 11) is 0. The Kier molecular flexibility index (Phi) is 4.32. The van der Waals surface area contributed by atoms with Crippen molar-refractivity contribution in [3.63, 3.8) is 0 Å². The quantitative estimate of drug-likeness (QED) is 0.872. The van der Waals surface area contributed by atoms with E-state index in [-0.39, 0.29) is 5.91 Å². The monoisotopic (exact) mass is 324 g/mol. The molecule has 2 aromatic rings. The first kappa shape index (κ1) is 15.4. The molecule has 0 unspecified atom stereocenters. The summed E-state index contributed by atoms with van der Waals surface area (Å²) in [6.07, 6.45) is 9.79. The number of carbonyl (C=O) groups is 1. The fraction of sp³-hybridized carbons (Fsp3) is 0.526. The van der Waals surface area contributed by atoms with Gasteiger partial charge in [-0.15, -0.1) is 0 Å². The number of fused-ring (bicyclic) bond motifs is 1. The molecular formula is C19H24N4O. The van der Waals surface area contributed by atoms with Gasteiger partial charge in [-0.2, -0.15) is 5.10 Å². The predicted octanol–water partition coefficient (Wildman–Crippen LogP) is 2.98. The smallest absolute Gasteiger partial charge is 0.253 e. The molecule has 1 aromatic heterocycles. The van der Waals surface area contributed by atoms with E-state index in [0.29, 0.717) is 6.54 Å². The summed E-state index contributed by atoms with van der Waals surface area (Å²) in [6, 6.07) is 7.92. The van der Waals surface area contributed by atoms with Crippen LogP contribution in [0.3, 0.4) is 0 Å². The fourth-order valence-electron chi connectivity index (χ4n) is 4.22. The van der Waals surface area contributed by atoms with E-state index in [4.69, 9.17) is 0 Å². The summed E-state index contributed by atoms with van der Waals surface area (Å²) in [4.78, 5) is 18.8. The molecule has 0 spiro atoms. The van der Waals surface area contributed by atoms with Crippen LogP contribution in [0.15, 0.2) is 36.9 Å². The summed E-state index contributed by atoms with van der Waals surface area (Å²) in [5.41, 5.74) is 1.93. The predicted molar refractivity (Wildman–Crippen MR) is 91.5 cm³/mol. The molecule has 2 aliphatic rings. The minimum Gasteiger partial charge on any atom is -0.338 e. The first-order chi connectivity index (χ1) is 11.8. The van der Waals surface area contributed by atoms with E-state index < -0.39 is 0 Å². The van der Waals surface area contributed by atoms with Crippen LogP contribution in [0.25, 0.3) is 0 Å². The van der Waals surface area contributed by atoms with Gasteiger partial charge in [0.05, 0.1) is 6.54 Å². The molecule has 1 saturated carbocycles. The molecule has 0 radical (unpaired) electrons. The van der Waals surface area contributed by atoms with E-state index in [0.717, 1.165) is 36.1 Å². The normalized spacial score (nSPS) is 23.8. The molecule has 5 nitrogen and oxygen atoms in total. The lowest BCUT2D eigenvalue weighted by Gasteiger charge is -2.41. The third kappa shape index (κ3) is 3.21. The molecule has 1 aromatic carbocycles. The average molecular weight is 324 g/mol. The zero-order valence-corrected chi connectivity index (χ0v) is 14.0. The number of hydrogen-bond donors (Lipinski definition) is 0. The van der Waals surface area contributed by atoms with E-state index in [1.54, 1.807) is 11.0 Å². The van der Waals surface area contributed by atoms with Gasteiger partial charge in [0.1, 0.15) is 12.7 Å². The second-order valence-corrected chi connectivity index (χ2v) is 7.13. The van der Waals surface area contributed by atoms with E-state index in [1.165, 1.54) is 38.4 Å². The Morgan fingerprint density at radius 1 is 1.08 bits per heavy atom. The van der Waals surface area contributed by atoms with Gasteiger partial charge >= 0.3 is 0 Å². The molecule has 2 atom stereocenters. The fourth-order valence-corrected chi connectivity index (χ4v) is 4.22. The molecule has 2 heterocycles. The molecule has 126 valence electrons. The molecule has 1 aliphatic carbocycles. The lowest BCUT2D eigenvalue weighted by molar-refractivity contribution is 0.0521. The van der Waals surface area contributed by atoms with Gasteiger partial charge in [-0.3, -0.25) is 4.79 Å². The number of hydrogen-bond acceptors (Lipinski definition) is 3. The maximum Gasteiger partial charge on any atom is 0.253 e. The lowest BCUT2D eigenvalue weighted by Crippen LogP contribution is -2.44. The number of benzene rings is 1. The van der Waals surface area contributed by atoms with Gasteiger partial charge < -0.3 is 4.90 Å². The van der Waals surface area contributed by atoms with E-state index in [1.807, 2.05) is 24.3 Å². The van der Waals surface area contributed by atoms with Gasteiger partial charge in [-0.25, -0.2) is 9.67 Å². The molecule has 24 heavy (non-hydrogen) atoms. The Labute approximate surface area is 142 Å². The van der Waals surface area contributed by atoms with Crippen molar-refractivity contribution in [3.05, 3.63) is 48.0 Å². The minimum atomic E-state index is 0.186. The third-order valence-electron chi connectivity index (χ3n) is 5.59. The summed E-state index contributed by atoms with van der Waals surface area (Å²) < 4.78 is 1.78. The van der Waals surface area contributed by atoms with Crippen molar-refractivity contribution >= 4 is 5.91 Å². The van der Waals surface area contributed by atoms with Crippen LogP contribution in [0.4, 0.5) is 0 Å². The van der Waals surface area contributed by atoms with Crippen LogP contribution in [-0.2, 0) is 6.54 Å². The van der Waals surface area contributed by atoms with Gasteiger partial charge in [0, 0.05) is 18.7 Å². The van der Waals surface area contributed by atoms with Crippen molar-refractivity contribution in [2.24, 2.45) is 11.8 Å². The van der Waals surface area contributed by atoms with Crippen LogP contribution >= 0.6 is 0 Å². The molecular weight excluding hydrogens is 300 g/mol. The van der Waals surface area contributed by atoms with Gasteiger partial charge in [-0.1, -0.05) is 31.4 Å². The number of nitrogens with zero attached hydrogens (tertiary/aromatic N) is 4. The Morgan fingerprint density at radius 2 is 1.88 bits per heavy atom. The molecule has 2 fully saturated rings. The summed E-state index contributed by atoms with van der Waals surface area (Å²) in [5.74, 6) is 1.77. The zero-order chi connectivity index (χ0) is 16.4. The topological polar surface area (TPSA) is 51.0 Å². The van der Waals surface area contributed by atoms with Crippen molar-refractivity contribution in [3.8, 4) is 0 Å². The Hall–Kier alpha value is -2.17. The maximum absolute atomic E-state index is 12.8. The highest BCUT2D eigenvalue weighted by Gasteiger charge is 2.33. The van der Waals surface area contributed by atoms with Crippen molar-refractivity contribution in [1.29, 1.82) is 0 Å². The zero-order valence-electron chi connectivity index (χ0n) is 14.0. The van der Waals surface area contributed by atoms with Crippen molar-refractivity contribution in [2.75, 3.05) is 13.1 Å². The summed E-state index contributed by atoms with van der Waals surface area (Å²) in [6.45, 7) is 2.55. The third-order valence-corrected chi connectivity index (χ3v) is 5.59. The molecule has 0 N–H and O–H groups in total. The van der Waals surface area contributed by atoms with Crippen LogP contribution in [0.5, 0.6) is 0 Å². The van der Waals surface area contributed by atoms with Crippen molar-refractivity contribution in [2.45, 2.75) is 38.6 Å². The first-order valence-electron chi connectivity index (χ1n) is 9.00. The number of amides is 1. The lowest BCUT2D eigenvalue weighted by atomic mass is 9.75. The van der Waals surface area contributed by atoms with Gasteiger partial charge in [-0.05, 0) is 42.4 Å². The van der Waals surface area contributed by atoms with E-state index in [2.05, 4.69) is 15.0 Å². The van der Waals surface area contributed by atoms with Gasteiger partial charge in [0.2, 0.25) is 0 Å². The van der Waals surface area contributed by atoms with Crippen LogP contribution in [0.2, 0.25) is 0 Å². The van der Waals surface area contributed by atoms with Crippen LogP contribution in [0.1, 0.15) is 48.0 Å². The van der Waals surface area contributed by atoms with Crippen LogP contribution in [-0.4, -0.2) is 38.7 Å². The number of rotatable bonds is 3. The highest BCUT2D eigenvalue weighted by Crippen LogP contribution is 2.36. The maximum atomic E-state index is 12.8. The minimum absolute atomic E-state index is 0.186. The molecule has 0 bridgehead atoms. The molecule has 4 rings (SSSR count). The largest absolute Gasteiger partial charge is 0.338 e. The highest BCUT2D eigenvalue weighted by atomic mass is 16.2. The van der Waals surface area contributed by atoms with E-state index in [9.17, 15) is 4.79 Å². The Morgan fingerprint density at radius 3 is 2.62 bits per heavy atom. The van der Waals surface area contributed by atoms with Crippen molar-refractivity contribution < 1.29 is 4.79 Å².